The van der Waals surface area contributed by atoms with Gasteiger partial charge < -0.3 is 15.7 Å². The van der Waals surface area contributed by atoms with Crippen molar-refractivity contribution in [1.82, 2.24) is 5.32 Å². The molecule has 5 rings (SSSR count). The van der Waals surface area contributed by atoms with E-state index in [9.17, 15) is 31.9 Å². The lowest BCUT2D eigenvalue weighted by atomic mass is 9.74. The first-order valence-electron chi connectivity index (χ1n) is 12.3. The highest BCUT2D eigenvalue weighted by Crippen LogP contribution is 2.52. The smallest absolute Gasteiger partial charge is 0.255 e. The summed E-state index contributed by atoms with van der Waals surface area (Å²) in [6.45, 7) is 0.116. The predicted molar refractivity (Wildman–Crippen MR) is 133 cm³/mol. The molecule has 0 aliphatic heterocycles. The molecule has 11 heteroatoms. The highest BCUT2D eigenvalue weighted by molar-refractivity contribution is 7.92. The number of benzene rings is 2. The van der Waals surface area contributed by atoms with Crippen LogP contribution in [-0.2, 0) is 14.6 Å². The minimum atomic E-state index is -3.96. The van der Waals surface area contributed by atoms with Gasteiger partial charge in [0.05, 0.1) is 20.8 Å². The lowest BCUT2D eigenvalue weighted by Gasteiger charge is -2.42. The number of rotatable bonds is 7. The number of anilines is 1. The molecule has 3 aliphatic carbocycles. The van der Waals surface area contributed by atoms with E-state index in [4.69, 9.17) is 11.6 Å². The van der Waals surface area contributed by atoms with Crippen LogP contribution >= 0.6 is 11.6 Å². The third-order valence-electron chi connectivity index (χ3n) is 7.98. The molecule has 0 radical (unpaired) electrons. The normalized spacial score (nSPS) is 27.1. The number of sulfone groups is 1. The van der Waals surface area contributed by atoms with Crippen molar-refractivity contribution in [3.63, 3.8) is 0 Å². The SMILES string of the molecule is O=C(Nc1ccc(F)c(F)c1)c1ccc(Cl)c(S(=O)(=O)C2CC3CCC(C2)C3(O)CNC(=O)C2CC2)c1. The van der Waals surface area contributed by atoms with Gasteiger partial charge in [-0.3, -0.25) is 9.59 Å². The Kier molecular flexibility index (Phi) is 6.79. The first kappa shape index (κ1) is 26.1. The summed E-state index contributed by atoms with van der Waals surface area (Å²) in [5, 5.41) is 15.8. The quantitative estimate of drug-likeness (QED) is 0.479. The van der Waals surface area contributed by atoms with Crippen molar-refractivity contribution in [1.29, 1.82) is 0 Å². The minimum Gasteiger partial charge on any atom is -0.387 e. The Morgan fingerprint density at radius 2 is 1.68 bits per heavy atom. The number of aliphatic hydroxyl groups is 1. The van der Waals surface area contributed by atoms with Gasteiger partial charge in [0.15, 0.2) is 21.5 Å². The van der Waals surface area contributed by atoms with Crippen LogP contribution in [0.4, 0.5) is 14.5 Å². The standard InChI is InChI=1S/C26H27ClF2N2O5S/c27-20-7-3-15(25(33)31-18-6-8-21(28)22(29)12-18)9-23(20)37(35,36)19-10-16-4-5-17(11-19)26(16,34)13-30-24(32)14-1-2-14/h3,6-9,12,14,16-17,19,34H,1-2,4-5,10-11,13H2,(H,30,32)(H,31,33). The molecule has 0 saturated heterocycles. The monoisotopic (exact) mass is 552 g/mol. The van der Waals surface area contributed by atoms with Gasteiger partial charge in [-0.2, -0.15) is 0 Å². The first-order chi connectivity index (χ1) is 17.5. The van der Waals surface area contributed by atoms with E-state index >= 15 is 0 Å². The van der Waals surface area contributed by atoms with E-state index in [1.165, 1.54) is 24.3 Å². The van der Waals surface area contributed by atoms with Gasteiger partial charge in [0.25, 0.3) is 5.91 Å². The fourth-order valence-electron chi connectivity index (χ4n) is 5.69. The summed E-state index contributed by atoms with van der Waals surface area (Å²) < 4.78 is 54.0. The summed E-state index contributed by atoms with van der Waals surface area (Å²) in [5.74, 6) is -3.51. The lowest BCUT2D eigenvalue weighted by molar-refractivity contribution is -0.125. The van der Waals surface area contributed by atoms with Crippen LogP contribution in [0.3, 0.4) is 0 Å². The number of hydrogen-bond donors (Lipinski definition) is 3. The van der Waals surface area contributed by atoms with Gasteiger partial charge >= 0.3 is 0 Å². The number of amides is 2. The number of carbonyl (C=O) groups is 2. The van der Waals surface area contributed by atoms with Crippen LogP contribution in [0.5, 0.6) is 0 Å². The van der Waals surface area contributed by atoms with Crippen LogP contribution in [0.1, 0.15) is 48.9 Å². The van der Waals surface area contributed by atoms with Gasteiger partial charge in [-0.25, -0.2) is 17.2 Å². The van der Waals surface area contributed by atoms with Crippen molar-refractivity contribution in [3.05, 3.63) is 58.6 Å². The molecule has 3 fully saturated rings. The summed E-state index contributed by atoms with van der Waals surface area (Å²) in [6, 6.07) is 6.74. The number of fused-ring (bicyclic) bond motifs is 2. The third-order valence-corrected chi connectivity index (χ3v) is 10.6. The third kappa shape index (κ3) is 4.98. The van der Waals surface area contributed by atoms with Gasteiger partial charge in [0.2, 0.25) is 5.91 Å². The Bertz CT molecular complexity index is 1350. The molecule has 7 nitrogen and oxygen atoms in total. The van der Waals surface area contributed by atoms with Gasteiger partial charge in [0.1, 0.15) is 0 Å². The topological polar surface area (TPSA) is 113 Å². The highest BCUT2D eigenvalue weighted by atomic mass is 35.5. The van der Waals surface area contributed by atoms with E-state index in [0.29, 0.717) is 12.8 Å². The molecule has 2 aromatic rings. The molecule has 0 aromatic heterocycles. The molecule has 2 atom stereocenters. The van der Waals surface area contributed by atoms with Crippen molar-refractivity contribution >= 4 is 38.9 Å². The van der Waals surface area contributed by atoms with Gasteiger partial charge in [0, 0.05) is 29.8 Å². The van der Waals surface area contributed by atoms with Crippen molar-refractivity contribution in [3.8, 4) is 0 Å². The Labute approximate surface area is 218 Å². The largest absolute Gasteiger partial charge is 0.387 e. The first-order valence-corrected chi connectivity index (χ1v) is 14.2. The van der Waals surface area contributed by atoms with Crippen LogP contribution in [-0.4, -0.2) is 42.7 Å². The van der Waals surface area contributed by atoms with Gasteiger partial charge in [-0.15, -0.1) is 0 Å². The zero-order valence-electron chi connectivity index (χ0n) is 19.8. The molecule has 2 aromatic carbocycles. The Balaban J connectivity index is 1.33. The summed E-state index contributed by atoms with van der Waals surface area (Å²) in [4.78, 5) is 24.6. The molecule has 3 saturated carbocycles. The zero-order valence-corrected chi connectivity index (χ0v) is 21.4. The fraction of sp³-hybridized carbons (Fsp3) is 0.462. The minimum absolute atomic E-state index is 0.00853. The van der Waals surface area contributed by atoms with E-state index < -0.39 is 38.2 Å². The van der Waals surface area contributed by atoms with Crippen LogP contribution in [0.25, 0.3) is 0 Å². The van der Waals surface area contributed by atoms with Crippen molar-refractivity contribution in [2.45, 2.75) is 54.3 Å². The second-order valence-electron chi connectivity index (χ2n) is 10.3. The average molecular weight is 553 g/mol. The lowest BCUT2D eigenvalue weighted by Crippen LogP contribution is -2.54. The van der Waals surface area contributed by atoms with E-state index in [-0.39, 0.29) is 64.2 Å². The maximum atomic E-state index is 13.7. The summed E-state index contributed by atoms with van der Waals surface area (Å²) in [7, 11) is -3.96. The van der Waals surface area contributed by atoms with Gasteiger partial charge in [-0.05, 0) is 80.7 Å². The second-order valence-corrected chi connectivity index (χ2v) is 12.9. The van der Waals surface area contributed by atoms with Crippen molar-refractivity contribution in [2.24, 2.45) is 17.8 Å². The van der Waals surface area contributed by atoms with E-state index in [1.54, 1.807) is 0 Å². The van der Waals surface area contributed by atoms with E-state index in [0.717, 1.165) is 25.0 Å². The summed E-state index contributed by atoms with van der Waals surface area (Å²) in [6.07, 6.45) is 3.48. The highest BCUT2D eigenvalue weighted by Gasteiger charge is 2.56. The number of hydrogen-bond acceptors (Lipinski definition) is 5. The molecule has 0 spiro atoms. The summed E-state index contributed by atoms with van der Waals surface area (Å²) >= 11 is 6.27. The second kappa shape index (κ2) is 9.63. The molecule has 2 unspecified atom stereocenters. The summed E-state index contributed by atoms with van der Waals surface area (Å²) in [5.41, 5.74) is -1.14. The van der Waals surface area contributed by atoms with Crippen LogP contribution < -0.4 is 10.6 Å². The average Bonchev–Trinajstić information content (AvgIpc) is 3.68. The molecule has 3 N–H and O–H groups in total. The van der Waals surface area contributed by atoms with Gasteiger partial charge in [-0.1, -0.05) is 11.6 Å². The molecular formula is C26H27ClF2N2O5S. The molecule has 2 amide bonds. The maximum Gasteiger partial charge on any atom is 0.255 e. The molecule has 3 aliphatic rings. The van der Waals surface area contributed by atoms with Crippen molar-refractivity contribution in [2.75, 3.05) is 11.9 Å². The molecule has 37 heavy (non-hydrogen) atoms. The maximum absolute atomic E-state index is 13.7. The van der Waals surface area contributed by atoms with E-state index in [2.05, 4.69) is 10.6 Å². The molecular weight excluding hydrogens is 526 g/mol. The van der Waals surface area contributed by atoms with Crippen LogP contribution in [0, 0.1) is 29.4 Å². The van der Waals surface area contributed by atoms with Crippen molar-refractivity contribution < 1.29 is 31.9 Å². The molecule has 198 valence electrons. The fourth-order valence-corrected chi connectivity index (χ4v) is 8.09. The molecule has 0 heterocycles. The van der Waals surface area contributed by atoms with Crippen LogP contribution in [0.2, 0.25) is 5.02 Å². The number of nitrogens with one attached hydrogen (secondary N) is 2. The Morgan fingerprint density at radius 1 is 1.00 bits per heavy atom. The zero-order chi connectivity index (χ0) is 26.5. The Morgan fingerprint density at radius 3 is 2.30 bits per heavy atom. The predicted octanol–water partition coefficient (Wildman–Crippen LogP) is 4.09. The number of carbonyl (C=O) groups excluding carboxylic acids is 2. The van der Waals surface area contributed by atoms with Crippen LogP contribution in [0.15, 0.2) is 41.3 Å². The Hall–Kier alpha value is -2.56. The molecule has 2 bridgehead atoms. The van der Waals surface area contributed by atoms with E-state index in [1.807, 2.05) is 0 Å². The number of halogens is 3.